The summed E-state index contributed by atoms with van der Waals surface area (Å²) in [6.07, 6.45) is 4.72. The van der Waals surface area contributed by atoms with Gasteiger partial charge < -0.3 is 24.1 Å². The first kappa shape index (κ1) is 28.0. The first-order valence-corrected chi connectivity index (χ1v) is 13.7. The highest BCUT2D eigenvalue weighted by molar-refractivity contribution is 5.77. The minimum atomic E-state index is -0.0890. The smallest absolute Gasteiger partial charge is 0.257 e. The van der Waals surface area contributed by atoms with Crippen molar-refractivity contribution in [2.75, 3.05) is 26.9 Å². The number of aromatic nitrogens is 2. The van der Waals surface area contributed by atoms with Crippen molar-refractivity contribution in [2.45, 2.75) is 52.5 Å². The highest BCUT2D eigenvalue weighted by Gasteiger charge is 2.11. The molecule has 0 fully saturated rings. The van der Waals surface area contributed by atoms with Crippen LogP contribution in [0.4, 0.5) is 0 Å². The molecule has 0 radical (unpaired) electrons. The Morgan fingerprint density at radius 3 is 2.62 bits per heavy atom. The van der Waals surface area contributed by atoms with Crippen molar-refractivity contribution in [2.24, 2.45) is 0 Å². The van der Waals surface area contributed by atoms with Crippen molar-refractivity contribution in [3.8, 4) is 17.2 Å². The number of ether oxygens (including phenoxy) is 3. The number of aryl methyl sites for hydroxylation is 4. The number of imidazole rings is 1. The zero-order valence-electron chi connectivity index (χ0n) is 23.2. The summed E-state index contributed by atoms with van der Waals surface area (Å²) in [7, 11) is 1.66. The Morgan fingerprint density at radius 1 is 0.897 bits per heavy atom. The third-order valence-corrected chi connectivity index (χ3v) is 6.67. The SMILES string of the molecule is COc1cccc(OCCCn2c(CCCCCNC(=O)COc3cc(C)ccc3C)nc3ccccc32)c1. The van der Waals surface area contributed by atoms with Gasteiger partial charge in [0.1, 0.15) is 23.1 Å². The molecule has 3 aromatic carbocycles. The summed E-state index contributed by atoms with van der Waals surface area (Å²) in [6, 6.07) is 22.0. The lowest BCUT2D eigenvalue weighted by atomic mass is 10.1. The first-order chi connectivity index (χ1) is 19.0. The van der Waals surface area contributed by atoms with E-state index in [0.717, 1.165) is 83.9 Å². The number of nitrogens with one attached hydrogen (secondary N) is 1. The molecule has 0 unspecified atom stereocenters. The molecule has 0 spiro atoms. The summed E-state index contributed by atoms with van der Waals surface area (Å²) in [5.74, 6) is 3.38. The van der Waals surface area contributed by atoms with E-state index in [2.05, 4.69) is 28.1 Å². The van der Waals surface area contributed by atoms with Crippen LogP contribution < -0.4 is 19.5 Å². The molecule has 0 saturated carbocycles. The molecule has 0 saturated heterocycles. The minimum Gasteiger partial charge on any atom is -0.497 e. The van der Waals surface area contributed by atoms with E-state index in [9.17, 15) is 4.79 Å². The third-order valence-electron chi connectivity index (χ3n) is 6.67. The monoisotopic (exact) mass is 529 g/mol. The van der Waals surface area contributed by atoms with E-state index in [1.807, 2.05) is 62.4 Å². The Bertz CT molecular complexity index is 1360. The van der Waals surface area contributed by atoms with Crippen LogP contribution in [0.3, 0.4) is 0 Å². The third kappa shape index (κ3) is 8.24. The lowest BCUT2D eigenvalue weighted by Gasteiger charge is -2.11. The number of carbonyl (C=O) groups is 1. The summed E-state index contributed by atoms with van der Waals surface area (Å²) in [6.45, 7) is 6.14. The van der Waals surface area contributed by atoms with Crippen molar-refractivity contribution in [3.05, 3.63) is 83.7 Å². The van der Waals surface area contributed by atoms with E-state index >= 15 is 0 Å². The lowest BCUT2D eigenvalue weighted by Crippen LogP contribution is -2.29. The maximum Gasteiger partial charge on any atom is 0.257 e. The summed E-state index contributed by atoms with van der Waals surface area (Å²) in [5, 5.41) is 2.97. The van der Waals surface area contributed by atoms with Gasteiger partial charge in [-0.05, 0) is 74.6 Å². The van der Waals surface area contributed by atoms with Crippen LogP contribution in [0.2, 0.25) is 0 Å². The molecule has 0 aliphatic heterocycles. The number of benzene rings is 3. The molecule has 0 aliphatic rings. The van der Waals surface area contributed by atoms with Gasteiger partial charge in [-0.15, -0.1) is 0 Å². The van der Waals surface area contributed by atoms with Gasteiger partial charge in [-0.1, -0.05) is 36.8 Å². The van der Waals surface area contributed by atoms with Gasteiger partial charge in [0.15, 0.2) is 6.61 Å². The summed E-state index contributed by atoms with van der Waals surface area (Å²) in [5.41, 5.74) is 4.33. The van der Waals surface area contributed by atoms with Crippen LogP contribution in [0.1, 0.15) is 42.6 Å². The molecule has 4 rings (SSSR count). The van der Waals surface area contributed by atoms with Crippen LogP contribution >= 0.6 is 0 Å². The van der Waals surface area contributed by atoms with Crippen LogP contribution in [-0.2, 0) is 17.8 Å². The number of hydrogen-bond acceptors (Lipinski definition) is 5. The first-order valence-electron chi connectivity index (χ1n) is 13.7. The number of fused-ring (bicyclic) bond motifs is 1. The number of methoxy groups -OCH3 is 1. The molecule has 39 heavy (non-hydrogen) atoms. The quantitative estimate of drug-likeness (QED) is 0.190. The van der Waals surface area contributed by atoms with Gasteiger partial charge in [0.05, 0.1) is 24.8 Å². The average molecular weight is 530 g/mol. The van der Waals surface area contributed by atoms with E-state index in [4.69, 9.17) is 19.2 Å². The van der Waals surface area contributed by atoms with Crippen molar-refractivity contribution in [1.82, 2.24) is 14.9 Å². The molecule has 1 heterocycles. The second kappa shape index (κ2) is 14.2. The standard InChI is InChI=1S/C32H39N3O4/c1-24-16-17-25(2)30(21-24)39-23-32(36)33-18-8-4-5-15-31-34-28-13-6-7-14-29(28)35(31)19-10-20-38-27-12-9-11-26(22-27)37-3/h6-7,9,11-14,16-17,21-22H,4-5,8,10,15,18-20,23H2,1-3H3,(H,33,36). The molecule has 7 heteroatoms. The fraction of sp³-hybridized carbons (Fsp3) is 0.375. The number of rotatable bonds is 15. The van der Waals surface area contributed by atoms with Gasteiger partial charge in [-0.2, -0.15) is 0 Å². The molecular weight excluding hydrogens is 490 g/mol. The topological polar surface area (TPSA) is 74.6 Å². The molecule has 1 amide bonds. The van der Waals surface area contributed by atoms with E-state index in [1.165, 1.54) is 0 Å². The molecule has 1 aromatic heterocycles. The predicted octanol–water partition coefficient (Wildman–Crippen LogP) is 6.04. The van der Waals surface area contributed by atoms with Gasteiger partial charge >= 0.3 is 0 Å². The zero-order chi connectivity index (χ0) is 27.5. The van der Waals surface area contributed by atoms with Crippen molar-refractivity contribution in [1.29, 1.82) is 0 Å². The number of amides is 1. The Hall–Kier alpha value is -4.00. The number of hydrogen-bond donors (Lipinski definition) is 1. The van der Waals surface area contributed by atoms with Crippen molar-refractivity contribution < 1.29 is 19.0 Å². The molecule has 1 N–H and O–H groups in total. The van der Waals surface area contributed by atoms with Crippen LogP contribution in [-0.4, -0.2) is 42.3 Å². The summed E-state index contributed by atoms with van der Waals surface area (Å²) in [4.78, 5) is 17.1. The highest BCUT2D eigenvalue weighted by atomic mass is 16.5. The second-order valence-corrected chi connectivity index (χ2v) is 9.77. The Kier molecular flexibility index (Phi) is 10.2. The van der Waals surface area contributed by atoms with Crippen LogP contribution in [0.25, 0.3) is 11.0 Å². The fourth-order valence-electron chi connectivity index (χ4n) is 4.54. The highest BCUT2D eigenvalue weighted by Crippen LogP contribution is 2.21. The summed E-state index contributed by atoms with van der Waals surface area (Å²) >= 11 is 0. The number of carbonyl (C=O) groups excluding carboxylic acids is 1. The number of nitrogens with zero attached hydrogens (tertiary/aromatic N) is 2. The van der Waals surface area contributed by atoms with Crippen LogP contribution in [0.15, 0.2) is 66.7 Å². The normalized spacial score (nSPS) is 10.9. The van der Waals surface area contributed by atoms with Gasteiger partial charge in [0.25, 0.3) is 5.91 Å². The van der Waals surface area contributed by atoms with Crippen LogP contribution in [0, 0.1) is 13.8 Å². The maximum absolute atomic E-state index is 12.2. The minimum absolute atomic E-state index is 0.0375. The molecule has 206 valence electrons. The maximum atomic E-state index is 12.2. The second-order valence-electron chi connectivity index (χ2n) is 9.77. The predicted molar refractivity (Wildman–Crippen MR) is 155 cm³/mol. The van der Waals surface area contributed by atoms with Gasteiger partial charge in [-0.3, -0.25) is 4.79 Å². The Balaban J connectivity index is 1.19. The number of para-hydroxylation sites is 2. The van der Waals surface area contributed by atoms with Crippen molar-refractivity contribution >= 4 is 16.9 Å². The molecular formula is C32H39N3O4. The molecule has 0 aliphatic carbocycles. The molecule has 0 bridgehead atoms. The van der Waals surface area contributed by atoms with E-state index < -0.39 is 0 Å². The van der Waals surface area contributed by atoms with Gasteiger partial charge in [0.2, 0.25) is 0 Å². The van der Waals surface area contributed by atoms with E-state index in [0.29, 0.717) is 13.2 Å². The Labute approximate surface area is 231 Å². The lowest BCUT2D eigenvalue weighted by molar-refractivity contribution is -0.123. The van der Waals surface area contributed by atoms with E-state index in [-0.39, 0.29) is 12.5 Å². The van der Waals surface area contributed by atoms with Gasteiger partial charge in [0, 0.05) is 25.6 Å². The van der Waals surface area contributed by atoms with Crippen LogP contribution in [0.5, 0.6) is 17.2 Å². The summed E-state index contributed by atoms with van der Waals surface area (Å²) < 4.78 is 19.2. The Morgan fingerprint density at radius 2 is 1.74 bits per heavy atom. The molecule has 7 nitrogen and oxygen atoms in total. The van der Waals surface area contributed by atoms with Crippen molar-refractivity contribution in [3.63, 3.8) is 0 Å². The van der Waals surface area contributed by atoms with E-state index in [1.54, 1.807) is 7.11 Å². The molecule has 0 atom stereocenters. The largest absolute Gasteiger partial charge is 0.497 e. The van der Waals surface area contributed by atoms with Gasteiger partial charge in [-0.25, -0.2) is 4.98 Å². The average Bonchev–Trinajstić information content (AvgIpc) is 3.30. The zero-order valence-corrected chi connectivity index (χ0v) is 23.2. The molecule has 4 aromatic rings. The fourth-order valence-corrected chi connectivity index (χ4v) is 4.54. The number of unbranched alkanes of at least 4 members (excludes halogenated alkanes) is 2.